The van der Waals surface area contributed by atoms with Gasteiger partial charge in [0.2, 0.25) is 0 Å². The summed E-state index contributed by atoms with van der Waals surface area (Å²) in [5.74, 6) is 0.865. The van der Waals surface area contributed by atoms with Crippen LogP contribution in [0.1, 0.15) is 6.42 Å². The Morgan fingerprint density at radius 1 is 0.826 bits per heavy atom. The molecule has 0 fully saturated rings. The molecule has 0 aliphatic carbocycles. The maximum Gasteiger partial charge on any atom is 0.0905 e. The first-order valence-electron chi connectivity index (χ1n) is 7.45. The van der Waals surface area contributed by atoms with Gasteiger partial charge in [-0.25, -0.2) is 4.98 Å². The SMILES string of the molecule is OCCCSc1cc(-c2ccccn2)nc(-c2ccccn2)c1. The minimum absolute atomic E-state index is 0.207. The van der Waals surface area contributed by atoms with E-state index in [0.29, 0.717) is 0 Å². The van der Waals surface area contributed by atoms with Gasteiger partial charge in [-0.05, 0) is 42.8 Å². The fourth-order valence-corrected chi connectivity index (χ4v) is 3.03. The van der Waals surface area contributed by atoms with Gasteiger partial charge in [0.15, 0.2) is 0 Å². The van der Waals surface area contributed by atoms with E-state index >= 15 is 0 Å². The van der Waals surface area contributed by atoms with E-state index in [4.69, 9.17) is 10.1 Å². The number of aromatic nitrogens is 3. The number of aliphatic hydroxyl groups excluding tert-OH is 1. The van der Waals surface area contributed by atoms with Crippen molar-refractivity contribution in [2.45, 2.75) is 11.3 Å². The van der Waals surface area contributed by atoms with E-state index in [9.17, 15) is 0 Å². The highest BCUT2D eigenvalue weighted by Crippen LogP contribution is 2.28. The lowest BCUT2D eigenvalue weighted by atomic mass is 10.2. The van der Waals surface area contributed by atoms with E-state index < -0.39 is 0 Å². The van der Waals surface area contributed by atoms with Crippen LogP contribution in [0, 0.1) is 0 Å². The molecule has 0 unspecified atom stereocenters. The molecule has 0 amide bonds. The van der Waals surface area contributed by atoms with Crippen molar-refractivity contribution in [2.24, 2.45) is 0 Å². The van der Waals surface area contributed by atoms with E-state index in [-0.39, 0.29) is 6.61 Å². The zero-order valence-electron chi connectivity index (χ0n) is 12.6. The predicted octanol–water partition coefficient (Wildman–Crippen LogP) is 3.68. The Balaban J connectivity index is 2.00. The number of thioether (sulfide) groups is 1. The first-order valence-corrected chi connectivity index (χ1v) is 8.44. The average Bonchev–Trinajstić information content (AvgIpc) is 2.63. The van der Waals surface area contributed by atoms with E-state index in [1.54, 1.807) is 24.2 Å². The van der Waals surface area contributed by atoms with Crippen LogP contribution < -0.4 is 0 Å². The summed E-state index contributed by atoms with van der Waals surface area (Å²) in [7, 11) is 0. The van der Waals surface area contributed by atoms with Crippen LogP contribution in [-0.4, -0.2) is 32.4 Å². The van der Waals surface area contributed by atoms with Crippen molar-refractivity contribution in [1.29, 1.82) is 0 Å². The highest BCUT2D eigenvalue weighted by Gasteiger charge is 2.09. The van der Waals surface area contributed by atoms with Gasteiger partial charge in [0.05, 0.1) is 22.8 Å². The standard InChI is InChI=1S/C18H17N3OS/c22-10-5-11-23-14-12-17(15-6-1-3-8-19-15)21-18(13-14)16-7-2-4-9-20-16/h1-4,6-9,12-13,22H,5,10-11H2. The second-order valence-electron chi connectivity index (χ2n) is 4.93. The van der Waals surface area contributed by atoms with Crippen LogP contribution in [0.3, 0.4) is 0 Å². The fraction of sp³-hybridized carbons (Fsp3) is 0.167. The van der Waals surface area contributed by atoms with E-state index in [1.165, 1.54) is 0 Å². The van der Waals surface area contributed by atoms with Crippen LogP contribution in [-0.2, 0) is 0 Å². The quantitative estimate of drug-likeness (QED) is 0.554. The van der Waals surface area contributed by atoms with Gasteiger partial charge in [0.25, 0.3) is 0 Å². The Bertz CT molecular complexity index is 693. The van der Waals surface area contributed by atoms with Crippen LogP contribution in [0.25, 0.3) is 22.8 Å². The van der Waals surface area contributed by atoms with Crippen LogP contribution in [0.4, 0.5) is 0 Å². The normalized spacial score (nSPS) is 10.7. The minimum Gasteiger partial charge on any atom is -0.396 e. The summed E-state index contributed by atoms with van der Waals surface area (Å²) in [6.07, 6.45) is 4.30. The number of nitrogens with zero attached hydrogens (tertiary/aromatic N) is 3. The van der Waals surface area contributed by atoms with Gasteiger partial charge in [0.1, 0.15) is 0 Å². The van der Waals surface area contributed by atoms with Gasteiger partial charge in [-0.2, -0.15) is 0 Å². The molecule has 0 radical (unpaired) electrons. The molecule has 0 spiro atoms. The largest absolute Gasteiger partial charge is 0.396 e. The second-order valence-corrected chi connectivity index (χ2v) is 6.10. The van der Waals surface area contributed by atoms with Gasteiger partial charge in [0, 0.05) is 29.6 Å². The summed E-state index contributed by atoms with van der Waals surface area (Å²) < 4.78 is 0. The molecule has 0 atom stereocenters. The van der Waals surface area contributed by atoms with Crippen molar-refractivity contribution in [3.8, 4) is 22.8 Å². The molecule has 3 aromatic rings. The number of rotatable bonds is 6. The van der Waals surface area contributed by atoms with E-state index in [1.807, 2.05) is 48.5 Å². The average molecular weight is 323 g/mol. The molecule has 3 rings (SSSR count). The van der Waals surface area contributed by atoms with Crippen LogP contribution in [0.2, 0.25) is 0 Å². The molecule has 1 N–H and O–H groups in total. The Kier molecular flexibility index (Phi) is 5.34. The molecule has 3 heterocycles. The molecule has 0 aromatic carbocycles. The Hall–Kier alpha value is -2.24. The van der Waals surface area contributed by atoms with Gasteiger partial charge in [-0.1, -0.05) is 12.1 Å². The lowest BCUT2D eigenvalue weighted by Gasteiger charge is -2.08. The Morgan fingerprint density at radius 2 is 1.43 bits per heavy atom. The molecule has 0 aliphatic rings. The van der Waals surface area contributed by atoms with Crippen molar-refractivity contribution in [2.75, 3.05) is 12.4 Å². The Labute approximate surface area is 139 Å². The summed E-state index contributed by atoms with van der Waals surface area (Å²) in [4.78, 5) is 14.6. The number of aliphatic hydroxyl groups is 1. The third-order valence-corrected chi connectivity index (χ3v) is 4.29. The van der Waals surface area contributed by atoms with E-state index in [0.717, 1.165) is 39.8 Å². The fourth-order valence-electron chi connectivity index (χ4n) is 2.13. The van der Waals surface area contributed by atoms with Crippen molar-refractivity contribution >= 4 is 11.8 Å². The summed E-state index contributed by atoms with van der Waals surface area (Å²) in [5, 5.41) is 8.96. The van der Waals surface area contributed by atoms with Gasteiger partial charge in [-0.3, -0.25) is 9.97 Å². The van der Waals surface area contributed by atoms with Gasteiger partial charge >= 0.3 is 0 Å². The van der Waals surface area contributed by atoms with Crippen LogP contribution >= 0.6 is 11.8 Å². The zero-order valence-corrected chi connectivity index (χ0v) is 13.4. The molecular weight excluding hydrogens is 306 g/mol. The molecule has 3 aromatic heterocycles. The van der Waals surface area contributed by atoms with Crippen molar-refractivity contribution in [3.63, 3.8) is 0 Å². The molecule has 0 saturated carbocycles. The third kappa shape index (κ3) is 4.15. The monoisotopic (exact) mass is 323 g/mol. The molecule has 4 nitrogen and oxygen atoms in total. The van der Waals surface area contributed by atoms with Crippen molar-refractivity contribution in [1.82, 2.24) is 15.0 Å². The van der Waals surface area contributed by atoms with Gasteiger partial charge in [-0.15, -0.1) is 11.8 Å². The molecule has 116 valence electrons. The number of pyridine rings is 3. The maximum absolute atomic E-state index is 8.96. The maximum atomic E-state index is 8.96. The topological polar surface area (TPSA) is 58.9 Å². The molecule has 0 saturated heterocycles. The van der Waals surface area contributed by atoms with Crippen molar-refractivity contribution < 1.29 is 5.11 Å². The predicted molar refractivity (Wildman–Crippen MR) is 93.1 cm³/mol. The minimum atomic E-state index is 0.207. The highest BCUT2D eigenvalue weighted by atomic mass is 32.2. The first kappa shape index (κ1) is 15.6. The summed E-state index contributed by atoms with van der Waals surface area (Å²) in [6, 6.07) is 15.7. The molecular formula is C18H17N3OS. The van der Waals surface area contributed by atoms with E-state index in [2.05, 4.69) is 9.97 Å². The second kappa shape index (κ2) is 7.85. The number of hydrogen-bond acceptors (Lipinski definition) is 5. The Morgan fingerprint density at radius 3 is 1.91 bits per heavy atom. The first-order chi connectivity index (χ1) is 11.4. The summed E-state index contributed by atoms with van der Waals surface area (Å²) >= 11 is 1.71. The highest BCUT2D eigenvalue weighted by molar-refractivity contribution is 7.99. The molecule has 0 bridgehead atoms. The molecule has 23 heavy (non-hydrogen) atoms. The summed E-state index contributed by atoms with van der Waals surface area (Å²) in [5.41, 5.74) is 3.35. The van der Waals surface area contributed by atoms with Crippen molar-refractivity contribution in [3.05, 3.63) is 60.9 Å². The van der Waals surface area contributed by atoms with Crippen LogP contribution in [0.15, 0.2) is 65.8 Å². The summed E-state index contributed by atoms with van der Waals surface area (Å²) in [6.45, 7) is 0.207. The lowest BCUT2D eigenvalue weighted by Crippen LogP contribution is -1.94. The van der Waals surface area contributed by atoms with Crippen LogP contribution in [0.5, 0.6) is 0 Å². The molecule has 0 aliphatic heterocycles. The lowest BCUT2D eigenvalue weighted by molar-refractivity contribution is 0.296. The smallest absolute Gasteiger partial charge is 0.0905 e. The number of hydrogen-bond donors (Lipinski definition) is 1. The molecule has 5 heteroatoms. The van der Waals surface area contributed by atoms with Gasteiger partial charge < -0.3 is 5.11 Å². The third-order valence-electron chi connectivity index (χ3n) is 3.22. The zero-order chi connectivity index (χ0) is 15.9.